The third kappa shape index (κ3) is 2.82. The van der Waals surface area contributed by atoms with Gasteiger partial charge < -0.3 is 5.32 Å². The van der Waals surface area contributed by atoms with Gasteiger partial charge in [-0.2, -0.15) is 0 Å². The summed E-state index contributed by atoms with van der Waals surface area (Å²) in [6.45, 7) is 3.39. The van der Waals surface area contributed by atoms with E-state index in [9.17, 15) is 0 Å². The molecule has 0 radical (unpaired) electrons. The molecule has 1 fully saturated rings. The van der Waals surface area contributed by atoms with E-state index in [2.05, 4.69) is 46.4 Å². The van der Waals surface area contributed by atoms with E-state index in [1.54, 1.807) is 0 Å². The molecule has 0 saturated carbocycles. The van der Waals surface area contributed by atoms with E-state index in [1.807, 2.05) is 0 Å². The van der Waals surface area contributed by atoms with Crippen LogP contribution in [0.5, 0.6) is 0 Å². The third-order valence-electron chi connectivity index (χ3n) is 3.26. The second-order valence-electron chi connectivity index (χ2n) is 4.37. The van der Waals surface area contributed by atoms with Crippen molar-refractivity contribution >= 4 is 15.9 Å². The van der Waals surface area contributed by atoms with Crippen LogP contribution in [0, 0.1) is 6.92 Å². The van der Waals surface area contributed by atoms with Crippen molar-refractivity contribution in [3.05, 3.63) is 33.8 Å². The average molecular weight is 268 g/mol. The van der Waals surface area contributed by atoms with Crippen LogP contribution in [0.4, 0.5) is 0 Å². The number of hydrogen-bond acceptors (Lipinski definition) is 1. The predicted octanol–water partition coefficient (Wildman–Crippen LogP) is 3.44. The number of rotatable bonds is 2. The quantitative estimate of drug-likeness (QED) is 0.866. The Hall–Kier alpha value is -0.340. The maximum Gasteiger partial charge on any atom is 0.0207 e. The Morgan fingerprint density at radius 3 is 3.00 bits per heavy atom. The number of benzene rings is 1. The van der Waals surface area contributed by atoms with Gasteiger partial charge in [-0.1, -0.05) is 34.5 Å². The largest absolute Gasteiger partial charge is 0.314 e. The summed E-state index contributed by atoms with van der Waals surface area (Å²) in [6, 6.07) is 7.19. The topological polar surface area (TPSA) is 12.0 Å². The first-order valence-electron chi connectivity index (χ1n) is 5.75. The van der Waals surface area contributed by atoms with Crippen LogP contribution in [-0.2, 0) is 6.42 Å². The van der Waals surface area contributed by atoms with E-state index >= 15 is 0 Å². The molecule has 1 N–H and O–H groups in total. The molecular formula is C13H18BrN. The predicted molar refractivity (Wildman–Crippen MR) is 68.2 cm³/mol. The smallest absolute Gasteiger partial charge is 0.0207 e. The van der Waals surface area contributed by atoms with E-state index in [4.69, 9.17) is 0 Å². The van der Waals surface area contributed by atoms with Crippen molar-refractivity contribution in [1.29, 1.82) is 0 Å². The minimum atomic E-state index is 0.687. The van der Waals surface area contributed by atoms with Gasteiger partial charge in [-0.05, 0) is 49.9 Å². The molecule has 1 aliphatic rings. The normalized spacial score (nSPS) is 21.6. The van der Waals surface area contributed by atoms with E-state index in [1.165, 1.54) is 47.8 Å². The maximum atomic E-state index is 3.60. The zero-order valence-corrected chi connectivity index (χ0v) is 10.8. The fraction of sp³-hybridized carbons (Fsp3) is 0.538. The lowest BCUT2D eigenvalue weighted by Gasteiger charge is -2.24. The molecule has 1 saturated heterocycles. The highest BCUT2D eigenvalue weighted by Crippen LogP contribution is 2.22. The molecule has 1 heterocycles. The summed E-state index contributed by atoms with van der Waals surface area (Å²) in [5.41, 5.74) is 2.87. The maximum absolute atomic E-state index is 3.60. The molecule has 1 aliphatic heterocycles. The van der Waals surface area contributed by atoms with Crippen LogP contribution in [0.15, 0.2) is 22.7 Å². The van der Waals surface area contributed by atoms with Crippen molar-refractivity contribution in [1.82, 2.24) is 5.32 Å². The molecule has 1 nitrogen and oxygen atoms in total. The highest BCUT2D eigenvalue weighted by molar-refractivity contribution is 9.10. The van der Waals surface area contributed by atoms with E-state index in [-0.39, 0.29) is 0 Å². The fourth-order valence-corrected chi connectivity index (χ4v) is 2.64. The van der Waals surface area contributed by atoms with Crippen molar-refractivity contribution in [2.45, 2.75) is 38.6 Å². The van der Waals surface area contributed by atoms with Gasteiger partial charge in [0.2, 0.25) is 0 Å². The van der Waals surface area contributed by atoms with Gasteiger partial charge >= 0.3 is 0 Å². The van der Waals surface area contributed by atoms with Crippen LogP contribution in [0.25, 0.3) is 0 Å². The first-order valence-corrected chi connectivity index (χ1v) is 6.54. The highest BCUT2D eigenvalue weighted by atomic mass is 79.9. The van der Waals surface area contributed by atoms with Crippen LogP contribution >= 0.6 is 15.9 Å². The molecule has 0 bridgehead atoms. The molecule has 0 spiro atoms. The lowest BCUT2D eigenvalue weighted by molar-refractivity contribution is 0.399. The van der Waals surface area contributed by atoms with Crippen molar-refractivity contribution in [2.75, 3.05) is 6.54 Å². The molecule has 0 amide bonds. The molecule has 1 atom stereocenters. The second-order valence-corrected chi connectivity index (χ2v) is 5.23. The Kier molecular flexibility index (Phi) is 3.81. The number of halogens is 1. The van der Waals surface area contributed by atoms with Crippen LogP contribution in [0.1, 0.15) is 30.4 Å². The van der Waals surface area contributed by atoms with Crippen LogP contribution < -0.4 is 5.32 Å². The van der Waals surface area contributed by atoms with Crippen molar-refractivity contribution in [2.24, 2.45) is 0 Å². The number of hydrogen-bond donors (Lipinski definition) is 1. The Labute approximate surface area is 100 Å². The minimum absolute atomic E-state index is 0.687. The van der Waals surface area contributed by atoms with Gasteiger partial charge in [0.05, 0.1) is 0 Å². The molecule has 82 valence electrons. The summed E-state index contributed by atoms with van der Waals surface area (Å²) < 4.78 is 1.23. The average Bonchev–Trinajstić information content (AvgIpc) is 2.26. The summed E-state index contributed by atoms with van der Waals surface area (Å²) in [5.74, 6) is 0. The van der Waals surface area contributed by atoms with Gasteiger partial charge in [-0.15, -0.1) is 0 Å². The van der Waals surface area contributed by atoms with Gasteiger partial charge in [0.15, 0.2) is 0 Å². The third-order valence-corrected chi connectivity index (χ3v) is 4.12. The van der Waals surface area contributed by atoms with Crippen molar-refractivity contribution in [3.63, 3.8) is 0 Å². The molecule has 15 heavy (non-hydrogen) atoms. The molecule has 1 unspecified atom stereocenters. The fourth-order valence-electron chi connectivity index (χ4n) is 2.24. The van der Waals surface area contributed by atoms with E-state index < -0.39 is 0 Å². The standard InChI is InChI=1S/C13H18BrN/c1-10-11(5-4-7-13(10)14)9-12-6-2-3-8-15-12/h4-5,7,12,15H,2-3,6,8-9H2,1H3. The van der Waals surface area contributed by atoms with Gasteiger partial charge in [0.25, 0.3) is 0 Å². The summed E-state index contributed by atoms with van der Waals surface area (Å²) in [6.07, 6.45) is 5.22. The van der Waals surface area contributed by atoms with Crippen molar-refractivity contribution in [3.8, 4) is 0 Å². The zero-order valence-electron chi connectivity index (χ0n) is 9.22. The first-order chi connectivity index (χ1) is 7.27. The Morgan fingerprint density at radius 1 is 1.40 bits per heavy atom. The second kappa shape index (κ2) is 5.13. The van der Waals surface area contributed by atoms with Gasteiger partial charge in [-0.3, -0.25) is 0 Å². The number of piperidine rings is 1. The van der Waals surface area contributed by atoms with Gasteiger partial charge in [0, 0.05) is 10.5 Å². The minimum Gasteiger partial charge on any atom is -0.314 e. The SMILES string of the molecule is Cc1c(Br)cccc1CC1CCCCN1. The van der Waals surface area contributed by atoms with Gasteiger partial charge in [-0.25, -0.2) is 0 Å². The Balaban J connectivity index is 2.06. The molecule has 1 aromatic rings. The van der Waals surface area contributed by atoms with Gasteiger partial charge in [0.1, 0.15) is 0 Å². The molecule has 1 aromatic carbocycles. The summed E-state index contributed by atoms with van der Waals surface area (Å²) in [5, 5.41) is 3.60. The Morgan fingerprint density at radius 2 is 2.27 bits per heavy atom. The van der Waals surface area contributed by atoms with Crippen LogP contribution in [0.3, 0.4) is 0 Å². The zero-order chi connectivity index (χ0) is 10.7. The molecule has 2 rings (SSSR count). The van der Waals surface area contributed by atoms with E-state index in [0.29, 0.717) is 6.04 Å². The van der Waals surface area contributed by atoms with Crippen LogP contribution in [-0.4, -0.2) is 12.6 Å². The lowest BCUT2D eigenvalue weighted by Crippen LogP contribution is -2.35. The van der Waals surface area contributed by atoms with Crippen molar-refractivity contribution < 1.29 is 0 Å². The summed E-state index contributed by atoms with van der Waals surface area (Å²) in [4.78, 5) is 0. The highest BCUT2D eigenvalue weighted by Gasteiger charge is 2.14. The summed E-state index contributed by atoms with van der Waals surface area (Å²) in [7, 11) is 0. The van der Waals surface area contributed by atoms with Crippen LogP contribution in [0.2, 0.25) is 0 Å². The lowest BCUT2D eigenvalue weighted by atomic mass is 9.95. The van der Waals surface area contributed by atoms with E-state index in [0.717, 1.165) is 0 Å². The monoisotopic (exact) mass is 267 g/mol. The number of nitrogens with one attached hydrogen (secondary N) is 1. The summed E-state index contributed by atoms with van der Waals surface area (Å²) >= 11 is 3.59. The molecule has 0 aliphatic carbocycles. The molecular weight excluding hydrogens is 250 g/mol. The first kappa shape index (κ1) is 11.2. The molecule has 2 heteroatoms. The Bertz CT molecular complexity index is 329. The molecule has 0 aromatic heterocycles.